The minimum Gasteiger partial charge on any atom is -0.352 e. The first-order valence-electron chi connectivity index (χ1n) is 7.11. The van der Waals surface area contributed by atoms with E-state index in [-0.39, 0.29) is 17.5 Å². The Labute approximate surface area is 119 Å². The molecule has 2 N–H and O–H groups in total. The van der Waals surface area contributed by atoms with Gasteiger partial charge in [0.15, 0.2) is 0 Å². The van der Waals surface area contributed by atoms with Crippen LogP contribution in [-0.2, 0) is 11.2 Å². The van der Waals surface area contributed by atoms with Crippen molar-refractivity contribution in [3.63, 3.8) is 0 Å². The Morgan fingerprint density at radius 3 is 2.89 bits per heavy atom. The number of hydrogen-bond donors (Lipinski definition) is 2. The van der Waals surface area contributed by atoms with Crippen molar-refractivity contribution in [2.24, 2.45) is 0 Å². The van der Waals surface area contributed by atoms with Crippen molar-refractivity contribution in [2.45, 2.75) is 58.0 Å². The molecule has 1 amide bonds. The number of thiophene rings is 1. The molecule has 106 valence electrons. The summed E-state index contributed by atoms with van der Waals surface area (Å²) in [4.78, 5) is 15.0. The van der Waals surface area contributed by atoms with Crippen molar-refractivity contribution >= 4 is 17.2 Å². The van der Waals surface area contributed by atoms with E-state index in [0.29, 0.717) is 0 Å². The molecular formula is C15H24N2OS. The second-order valence-corrected chi connectivity index (χ2v) is 7.18. The molecule has 0 spiro atoms. The van der Waals surface area contributed by atoms with Gasteiger partial charge in [-0.25, -0.2) is 0 Å². The maximum absolute atomic E-state index is 12.4. The van der Waals surface area contributed by atoms with Crippen molar-refractivity contribution in [3.8, 4) is 0 Å². The first-order valence-corrected chi connectivity index (χ1v) is 7.92. The molecule has 1 aliphatic rings. The second kappa shape index (κ2) is 6.06. The van der Waals surface area contributed by atoms with Crippen LogP contribution in [0.25, 0.3) is 0 Å². The molecule has 2 unspecified atom stereocenters. The fraction of sp³-hybridized carbons (Fsp3) is 0.667. The smallest absolute Gasteiger partial charge is 0.240 e. The molecule has 0 aromatic carbocycles. The normalized spacial score (nSPS) is 25.0. The third-order valence-corrected chi connectivity index (χ3v) is 4.82. The minimum absolute atomic E-state index is 0.146. The van der Waals surface area contributed by atoms with Gasteiger partial charge in [0.25, 0.3) is 0 Å². The van der Waals surface area contributed by atoms with Crippen LogP contribution in [0.2, 0.25) is 0 Å². The molecule has 0 aliphatic carbocycles. The molecule has 1 saturated heterocycles. The van der Waals surface area contributed by atoms with Gasteiger partial charge in [0.2, 0.25) is 5.91 Å². The van der Waals surface area contributed by atoms with Gasteiger partial charge < -0.3 is 10.6 Å². The Morgan fingerprint density at radius 1 is 1.53 bits per heavy atom. The van der Waals surface area contributed by atoms with Gasteiger partial charge in [-0.05, 0) is 58.7 Å². The molecule has 2 heterocycles. The predicted octanol–water partition coefficient (Wildman–Crippen LogP) is 2.64. The molecule has 2 atom stereocenters. The summed E-state index contributed by atoms with van der Waals surface area (Å²) in [6, 6.07) is 4.48. The largest absolute Gasteiger partial charge is 0.352 e. The van der Waals surface area contributed by atoms with Crippen LogP contribution < -0.4 is 10.6 Å². The van der Waals surface area contributed by atoms with Gasteiger partial charge in [0.05, 0.1) is 5.54 Å². The van der Waals surface area contributed by atoms with Crippen molar-refractivity contribution in [2.75, 3.05) is 6.54 Å². The zero-order valence-electron chi connectivity index (χ0n) is 12.1. The summed E-state index contributed by atoms with van der Waals surface area (Å²) in [7, 11) is 0. The molecule has 4 heteroatoms. The highest BCUT2D eigenvalue weighted by atomic mass is 32.1. The topological polar surface area (TPSA) is 41.1 Å². The van der Waals surface area contributed by atoms with Crippen LogP contribution in [-0.4, -0.2) is 24.0 Å². The average molecular weight is 280 g/mol. The van der Waals surface area contributed by atoms with Gasteiger partial charge in [0.1, 0.15) is 0 Å². The first-order chi connectivity index (χ1) is 8.99. The summed E-state index contributed by atoms with van der Waals surface area (Å²) in [5, 5.41) is 6.51. The number of aryl methyl sites for hydroxylation is 1. The molecule has 3 nitrogen and oxygen atoms in total. The summed E-state index contributed by atoms with van der Waals surface area (Å²) in [5.74, 6) is 0.146. The fourth-order valence-electron chi connectivity index (χ4n) is 2.58. The van der Waals surface area contributed by atoms with Crippen LogP contribution in [0.15, 0.2) is 12.1 Å². The fourth-order valence-corrected chi connectivity index (χ4v) is 3.60. The molecular weight excluding hydrogens is 256 g/mol. The Morgan fingerprint density at radius 2 is 2.32 bits per heavy atom. The number of carbonyl (C=O) groups excluding carboxylic acids is 1. The maximum atomic E-state index is 12.4. The quantitative estimate of drug-likeness (QED) is 0.890. The molecule has 2 rings (SSSR count). The summed E-state index contributed by atoms with van der Waals surface area (Å²) >= 11 is 1.81. The van der Waals surface area contributed by atoms with Gasteiger partial charge in [-0.2, -0.15) is 0 Å². The van der Waals surface area contributed by atoms with E-state index in [0.717, 1.165) is 25.8 Å². The lowest BCUT2D eigenvalue weighted by Gasteiger charge is -2.34. The van der Waals surface area contributed by atoms with Crippen molar-refractivity contribution in [1.82, 2.24) is 10.6 Å². The number of amides is 1. The van der Waals surface area contributed by atoms with Crippen molar-refractivity contribution in [1.29, 1.82) is 0 Å². The van der Waals surface area contributed by atoms with Crippen molar-refractivity contribution in [3.05, 3.63) is 21.9 Å². The van der Waals surface area contributed by atoms with E-state index in [2.05, 4.69) is 36.6 Å². The van der Waals surface area contributed by atoms with Crippen LogP contribution in [0.1, 0.15) is 42.9 Å². The summed E-state index contributed by atoms with van der Waals surface area (Å²) in [6.07, 6.45) is 4.16. The zero-order valence-corrected chi connectivity index (χ0v) is 12.9. The van der Waals surface area contributed by atoms with E-state index >= 15 is 0 Å². The number of nitrogens with one attached hydrogen (secondary N) is 2. The second-order valence-electron chi connectivity index (χ2n) is 5.81. The maximum Gasteiger partial charge on any atom is 0.240 e. The summed E-state index contributed by atoms with van der Waals surface area (Å²) < 4.78 is 0. The SMILES string of the molecule is Cc1ccc(CC(C)NC(=O)C2(C)CCCCN2)s1. The van der Waals surface area contributed by atoms with Gasteiger partial charge >= 0.3 is 0 Å². The average Bonchev–Trinajstić information content (AvgIpc) is 2.75. The van der Waals surface area contributed by atoms with E-state index in [9.17, 15) is 4.79 Å². The summed E-state index contributed by atoms with van der Waals surface area (Å²) in [6.45, 7) is 7.16. The van der Waals surface area contributed by atoms with E-state index in [1.807, 2.05) is 18.3 Å². The zero-order chi connectivity index (χ0) is 13.9. The third kappa shape index (κ3) is 3.80. The van der Waals surface area contributed by atoms with E-state index < -0.39 is 0 Å². The van der Waals surface area contributed by atoms with E-state index in [4.69, 9.17) is 0 Å². The minimum atomic E-state index is -0.377. The highest BCUT2D eigenvalue weighted by Gasteiger charge is 2.34. The lowest BCUT2D eigenvalue weighted by Crippen LogP contribution is -2.58. The Kier molecular flexibility index (Phi) is 4.63. The van der Waals surface area contributed by atoms with Gasteiger partial charge in [0, 0.05) is 22.2 Å². The standard InChI is InChI=1S/C15H24N2OS/c1-11(10-13-7-6-12(2)19-13)17-14(18)15(3)8-4-5-9-16-15/h6-7,11,16H,4-5,8-10H2,1-3H3,(H,17,18). The molecule has 0 radical (unpaired) electrons. The highest BCUT2D eigenvalue weighted by Crippen LogP contribution is 2.20. The molecule has 1 fully saturated rings. The Balaban J connectivity index is 1.87. The van der Waals surface area contributed by atoms with Crippen LogP contribution >= 0.6 is 11.3 Å². The van der Waals surface area contributed by atoms with Gasteiger partial charge in [-0.15, -0.1) is 11.3 Å². The van der Waals surface area contributed by atoms with Crippen molar-refractivity contribution < 1.29 is 4.79 Å². The monoisotopic (exact) mass is 280 g/mol. The highest BCUT2D eigenvalue weighted by molar-refractivity contribution is 7.11. The molecule has 0 saturated carbocycles. The lowest BCUT2D eigenvalue weighted by molar-refractivity contribution is -0.128. The molecule has 1 aromatic rings. The number of hydrogen-bond acceptors (Lipinski definition) is 3. The van der Waals surface area contributed by atoms with Crippen LogP contribution in [0.5, 0.6) is 0 Å². The van der Waals surface area contributed by atoms with Crippen LogP contribution in [0, 0.1) is 6.92 Å². The van der Waals surface area contributed by atoms with Gasteiger partial charge in [-0.1, -0.05) is 0 Å². The Hall–Kier alpha value is -0.870. The molecule has 1 aromatic heterocycles. The summed E-state index contributed by atoms with van der Waals surface area (Å²) in [5.41, 5.74) is -0.377. The predicted molar refractivity (Wildman–Crippen MR) is 80.6 cm³/mol. The molecule has 0 bridgehead atoms. The van der Waals surface area contributed by atoms with Crippen LogP contribution in [0.3, 0.4) is 0 Å². The first kappa shape index (κ1) is 14.5. The molecule has 1 aliphatic heterocycles. The Bertz CT molecular complexity index is 435. The number of rotatable bonds is 4. The number of carbonyl (C=O) groups is 1. The van der Waals surface area contributed by atoms with Crippen LogP contribution in [0.4, 0.5) is 0 Å². The van der Waals surface area contributed by atoms with E-state index in [1.165, 1.54) is 16.2 Å². The van der Waals surface area contributed by atoms with Gasteiger partial charge in [-0.3, -0.25) is 4.79 Å². The van der Waals surface area contributed by atoms with E-state index in [1.54, 1.807) is 0 Å². The lowest BCUT2D eigenvalue weighted by atomic mass is 9.90. The number of piperidine rings is 1. The molecule has 19 heavy (non-hydrogen) atoms. The third-order valence-electron chi connectivity index (χ3n) is 3.80.